The number of carbonyl (C=O) groups is 3. The minimum Gasteiger partial charge on any atom is -0.462 e. The van der Waals surface area contributed by atoms with Crippen LogP contribution in [-0.4, -0.2) is 37.2 Å². The molecule has 1 atom stereocenters. The largest absolute Gasteiger partial charge is 0.462 e. The van der Waals surface area contributed by atoms with Crippen LogP contribution in [0, 0.1) is 0 Å². The predicted octanol–water partition coefficient (Wildman–Crippen LogP) is 19.9. The smallest absolute Gasteiger partial charge is 0.306 e. The van der Waals surface area contributed by atoms with Crippen molar-refractivity contribution in [3.8, 4) is 0 Å². The van der Waals surface area contributed by atoms with Crippen molar-refractivity contribution in [2.75, 3.05) is 13.2 Å². The third-order valence-corrected chi connectivity index (χ3v) is 13.5. The third-order valence-electron chi connectivity index (χ3n) is 13.5. The molecule has 0 bridgehead atoms. The summed E-state index contributed by atoms with van der Waals surface area (Å²) >= 11 is 0. The molecule has 0 aliphatic carbocycles. The molecule has 0 aromatic rings. The second-order valence-corrected chi connectivity index (χ2v) is 20.3. The van der Waals surface area contributed by atoms with Crippen LogP contribution < -0.4 is 0 Å². The third kappa shape index (κ3) is 54.7. The topological polar surface area (TPSA) is 78.9 Å². The summed E-state index contributed by atoms with van der Waals surface area (Å²) in [6.45, 7) is 6.66. The van der Waals surface area contributed by atoms with Gasteiger partial charge in [-0.25, -0.2) is 0 Å². The molecule has 0 amide bonds. The lowest BCUT2D eigenvalue weighted by atomic mass is 10.0. The molecule has 0 fully saturated rings. The fraction of sp³-hybridized carbons (Fsp3) is 0.885. The van der Waals surface area contributed by atoms with E-state index < -0.39 is 6.10 Å². The zero-order valence-corrected chi connectivity index (χ0v) is 45.2. The molecule has 1 unspecified atom stereocenters. The van der Waals surface area contributed by atoms with Gasteiger partial charge in [-0.1, -0.05) is 283 Å². The zero-order valence-electron chi connectivity index (χ0n) is 45.2. The molecule has 0 aliphatic rings. The van der Waals surface area contributed by atoms with Crippen LogP contribution in [0.1, 0.15) is 329 Å². The Morgan fingerprint density at radius 2 is 0.537 bits per heavy atom. The van der Waals surface area contributed by atoms with E-state index in [4.69, 9.17) is 14.2 Å². The maximum Gasteiger partial charge on any atom is 0.306 e. The monoisotopic (exact) mass is 943 g/mol. The molecule has 6 nitrogen and oxygen atoms in total. The van der Waals surface area contributed by atoms with Crippen molar-refractivity contribution in [2.24, 2.45) is 0 Å². The fourth-order valence-electron chi connectivity index (χ4n) is 8.95. The van der Waals surface area contributed by atoms with E-state index in [1.54, 1.807) is 0 Å². The number of unbranched alkanes of at least 4 members (excludes halogenated alkanes) is 40. The quantitative estimate of drug-likeness (QED) is 0.0262. The first-order chi connectivity index (χ1) is 33.0. The first-order valence-electron chi connectivity index (χ1n) is 29.8. The second-order valence-electron chi connectivity index (χ2n) is 20.3. The van der Waals surface area contributed by atoms with E-state index in [0.29, 0.717) is 19.3 Å². The zero-order chi connectivity index (χ0) is 48.6. The maximum absolute atomic E-state index is 12.9. The number of hydrogen-bond donors (Lipinski definition) is 0. The Morgan fingerprint density at radius 1 is 0.299 bits per heavy atom. The SMILES string of the molecule is CCCCC/C=C\C/C=C\CCCCCCCCCCCC(=O)OCC(COC(=O)CCCCCCCCCCCCCC)OC(=O)CCCCCCCCCCCCCCCCCCCC. The molecule has 0 saturated heterocycles. The average Bonchev–Trinajstić information content (AvgIpc) is 3.33. The highest BCUT2D eigenvalue weighted by Gasteiger charge is 2.19. The summed E-state index contributed by atoms with van der Waals surface area (Å²) in [6.07, 6.45) is 66.0. The molecule has 67 heavy (non-hydrogen) atoms. The molecular weight excluding hydrogens is 829 g/mol. The molecule has 0 aliphatic heterocycles. The van der Waals surface area contributed by atoms with Gasteiger partial charge in [-0.3, -0.25) is 14.4 Å². The maximum atomic E-state index is 12.9. The van der Waals surface area contributed by atoms with Crippen molar-refractivity contribution in [2.45, 2.75) is 335 Å². The highest BCUT2D eigenvalue weighted by molar-refractivity contribution is 5.71. The van der Waals surface area contributed by atoms with Crippen LogP contribution in [0.2, 0.25) is 0 Å². The first-order valence-corrected chi connectivity index (χ1v) is 29.8. The van der Waals surface area contributed by atoms with E-state index in [2.05, 4.69) is 45.1 Å². The average molecular weight is 944 g/mol. The number of hydrogen-bond acceptors (Lipinski definition) is 6. The van der Waals surface area contributed by atoms with E-state index in [0.717, 1.165) is 64.2 Å². The van der Waals surface area contributed by atoms with Gasteiger partial charge in [0.1, 0.15) is 13.2 Å². The fourth-order valence-corrected chi connectivity index (χ4v) is 8.95. The number of allylic oxidation sites excluding steroid dienone is 4. The molecule has 0 N–H and O–H groups in total. The molecule has 0 heterocycles. The van der Waals surface area contributed by atoms with Gasteiger partial charge in [0.2, 0.25) is 0 Å². The van der Waals surface area contributed by atoms with Gasteiger partial charge in [-0.15, -0.1) is 0 Å². The minimum absolute atomic E-state index is 0.0667. The normalized spacial score (nSPS) is 12.1. The molecule has 394 valence electrons. The van der Waals surface area contributed by atoms with Crippen LogP contribution in [0.25, 0.3) is 0 Å². The van der Waals surface area contributed by atoms with Crippen LogP contribution in [0.15, 0.2) is 24.3 Å². The highest BCUT2D eigenvalue weighted by atomic mass is 16.6. The Bertz CT molecular complexity index is 1080. The number of carbonyl (C=O) groups excluding carboxylic acids is 3. The number of ether oxygens (including phenoxy) is 3. The van der Waals surface area contributed by atoms with Crippen LogP contribution in [0.4, 0.5) is 0 Å². The second kappa shape index (κ2) is 56.5. The van der Waals surface area contributed by atoms with Gasteiger partial charge in [0, 0.05) is 19.3 Å². The van der Waals surface area contributed by atoms with Crippen molar-refractivity contribution in [1.82, 2.24) is 0 Å². The lowest BCUT2D eigenvalue weighted by molar-refractivity contribution is -0.167. The van der Waals surface area contributed by atoms with E-state index in [1.807, 2.05) is 0 Å². The molecule has 0 rings (SSSR count). The lowest BCUT2D eigenvalue weighted by Crippen LogP contribution is -2.30. The van der Waals surface area contributed by atoms with E-state index >= 15 is 0 Å². The van der Waals surface area contributed by atoms with Crippen LogP contribution in [-0.2, 0) is 28.6 Å². The van der Waals surface area contributed by atoms with Crippen LogP contribution >= 0.6 is 0 Å². The van der Waals surface area contributed by atoms with Crippen LogP contribution in [0.3, 0.4) is 0 Å². The van der Waals surface area contributed by atoms with E-state index in [-0.39, 0.29) is 31.1 Å². The van der Waals surface area contributed by atoms with Gasteiger partial charge in [-0.05, 0) is 51.4 Å². The molecule has 0 radical (unpaired) electrons. The highest BCUT2D eigenvalue weighted by Crippen LogP contribution is 2.17. The summed E-state index contributed by atoms with van der Waals surface area (Å²) in [5, 5.41) is 0. The standard InChI is InChI=1S/C61H114O6/c1-4-7-10-13-16-19-22-25-27-29-31-33-34-36-39-42-45-48-51-54-60(63)66-57-58(56-65-59(62)53-50-47-44-41-38-24-21-18-15-12-9-6-3)67-61(64)55-52-49-46-43-40-37-35-32-30-28-26-23-20-17-14-11-8-5-2/h16,19,25,27,58H,4-15,17-18,20-24,26,28-57H2,1-3H3/b19-16-,27-25-. The van der Waals surface area contributed by atoms with Gasteiger partial charge in [0.05, 0.1) is 0 Å². The number of esters is 3. The number of rotatable bonds is 55. The van der Waals surface area contributed by atoms with E-state index in [1.165, 1.54) is 225 Å². The van der Waals surface area contributed by atoms with Crippen molar-refractivity contribution in [3.63, 3.8) is 0 Å². The summed E-state index contributed by atoms with van der Waals surface area (Å²) < 4.78 is 16.9. The van der Waals surface area contributed by atoms with Gasteiger partial charge >= 0.3 is 17.9 Å². The van der Waals surface area contributed by atoms with Gasteiger partial charge in [0.25, 0.3) is 0 Å². The van der Waals surface area contributed by atoms with Crippen molar-refractivity contribution in [3.05, 3.63) is 24.3 Å². The van der Waals surface area contributed by atoms with Crippen molar-refractivity contribution < 1.29 is 28.6 Å². The Hall–Kier alpha value is -2.11. The Morgan fingerprint density at radius 3 is 0.851 bits per heavy atom. The van der Waals surface area contributed by atoms with Gasteiger partial charge in [-0.2, -0.15) is 0 Å². The Balaban J connectivity index is 4.29. The summed E-state index contributed by atoms with van der Waals surface area (Å²) in [5.74, 6) is -0.848. The summed E-state index contributed by atoms with van der Waals surface area (Å²) in [4.78, 5) is 38.2. The van der Waals surface area contributed by atoms with E-state index in [9.17, 15) is 14.4 Å². The molecule has 6 heteroatoms. The van der Waals surface area contributed by atoms with Gasteiger partial charge in [0.15, 0.2) is 6.10 Å². The summed E-state index contributed by atoms with van der Waals surface area (Å²) in [7, 11) is 0. The van der Waals surface area contributed by atoms with Crippen LogP contribution in [0.5, 0.6) is 0 Å². The molecule has 0 saturated carbocycles. The van der Waals surface area contributed by atoms with Crippen molar-refractivity contribution >= 4 is 17.9 Å². The summed E-state index contributed by atoms with van der Waals surface area (Å²) in [6, 6.07) is 0. The van der Waals surface area contributed by atoms with Gasteiger partial charge < -0.3 is 14.2 Å². The molecule has 0 aromatic heterocycles. The molecule has 0 spiro atoms. The predicted molar refractivity (Wildman–Crippen MR) is 289 cm³/mol. The Kier molecular flexibility index (Phi) is 54.7. The molecule has 0 aromatic carbocycles. The summed E-state index contributed by atoms with van der Waals surface area (Å²) in [5.41, 5.74) is 0. The van der Waals surface area contributed by atoms with Crippen molar-refractivity contribution in [1.29, 1.82) is 0 Å². The molecular formula is C61H114O6. The minimum atomic E-state index is -0.767. The Labute approximate surface area is 417 Å². The lowest BCUT2D eigenvalue weighted by Gasteiger charge is -2.18. The first kappa shape index (κ1) is 64.9.